The van der Waals surface area contributed by atoms with Crippen LogP contribution in [0.15, 0.2) is 6.07 Å². The van der Waals surface area contributed by atoms with Crippen LogP contribution >= 0.6 is 12.4 Å². The Kier molecular flexibility index (Phi) is 4.70. The average Bonchev–Trinajstić information content (AvgIpc) is 3.06. The fraction of sp³-hybridized carbons (Fsp3) is 0.733. The number of nitrogens with zero attached hydrogens (tertiary/aromatic N) is 3. The Labute approximate surface area is 137 Å². The summed E-state index contributed by atoms with van der Waals surface area (Å²) < 4.78 is 0. The van der Waals surface area contributed by atoms with Gasteiger partial charge < -0.3 is 10.2 Å². The van der Waals surface area contributed by atoms with Crippen molar-refractivity contribution in [1.29, 1.82) is 0 Å². The molecular weight excluding hydrogens is 302 g/mol. The molecule has 3 fully saturated rings. The molecule has 1 atom stereocenters. The molecule has 3 aliphatic rings. The lowest BCUT2D eigenvalue weighted by atomic mass is 10.2. The van der Waals surface area contributed by atoms with Crippen molar-refractivity contribution >= 4 is 18.3 Å². The van der Waals surface area contributed by atoms with E-state index in [1.165, 1.54) is 12.8 Å². The maximum atomic E-state index is 12.5. The third kappa shape index (κ3) is 3.14. The highest BCUT2D eigenvalue weighted by Gasteiger charge is 2.33. The summed E-state index contributed by atoms with van der Waals surface area (Å²) >= 11 is 0. The van der Waals surface area contributed by atoms with Crippen molar-refractivity contribution in [2.45, 2.75) is 31.2 Å². The highest BCUT2D eigenvalue weighted by Crippen LogP contribution is 2.39. The second-order valence-corrected chi connectivity index (χ2v) is 6.46. The van der Waals surface area contributed by atoms with Crippen LogP contribution in [0.25, 0.3) is 0 Å². The predicted molar refractivity (Wildman–Crippen MR) is 86.6 cm³/mol. The smallest absolute Gasteiger partial charge is 0.274 e. The highest BCUT2D eigenvalue weighted by molar-refractivity contribution is 5.92. The molecule has 1 aromatic heterocycles. The number of aromatic amines is 1. The summed E-state index contributed by atoms with van der Waals surface area (Å²) in [6.45, 7) is 6.04. The van der Waals surface area contributed by atoms with E-state index in [9.17, 15) is 4.79 Å². The Bertz CT molecular complexity index is 524. The van der Waals surface area contributed by atoms with E-state index >= 15 is 0 Å². The maximum absolute atomic E-state index is 12.5. The number of likely N-dealkylation sites (tertiary alicyclic amines) is 1. The lowest BCUT2D eigenvalue weighted by molar-refractivity contribution is 0.0767. The largest absolute Gasteiger partial charge is 0.336 e. The van der Waals surface area contributed by atoms with Crippen molar-refractivity contribution in [3.8, 4) is 0 Å². The number of amides is 1. The Morgan fingerprint density at radius 2 is 1.95 bits per heavy atom. The number of halogens is 1. The van der Waals surface area contributed by atoms with Crippen molar-refractivity contribution < 1.29 is 4.79 Å². The number of hydrogen-bond acceptors (Lipinski definition) is 4. The summed E-state index contributed by atoms with van der Waals surface area (Å²) in [5.74, 6) is 0.710. The third-order valence-corrected chi connectivity index (χ3v) is 4.95. The number of carbonyl (C=O) groups excluding carboxylic acids is 1. The van der Waals surface area contributed by atoms with Gasteiger partial charge >= 0.3 is 0 Å². The van der Waals surface area contributed by atoms with Crippen molar-refractivity contribution in [3.05, 3.63) is 17.5 Å². The zero-order chi connectivity index (χ0) is 14.2. The van der Waals surface area contributed by atoms with Crippen molar-refractivity contribution in [2.75, 3.05) is 39.3 Å². The first-order chi connectivity index (χ1) is 10.3. The van der Waals surface area contributed by atoms with Crippen LogP contribution in [0.5, 0.6) is 0 Å². The quantitative estimate of drug-likeness (QED) is 0.864. The van der Waals surface area contributed by atoms with Gasteiger partial charge in [0.15, 0.2) is 0 Å². The Hall–Kier alpha value is -1.11. The van der Waals surface area contributed by atoms with Gasteiger partial charge in [0.2, 0.25) is 0 Å². The normalized spacial score (nSPS) is 26.0. The number of carbonyl (C=O) groups is 1. The summed E-state index contributed by atoms with van der Waals surface area (Å²) in [6, 6.07) is 2.48. The van der Waals surface area contributed by atoms with Gasteiger partial charge in [-0.1, -0.05) is 0 Å². The molecule has 6 nitrogen and oxygen atoms in total. The standard InChI is InChI=1S/C15H23N5O.ClH/c21-15(14-9-13(17-18-14)11-1-2-11)20-6-3-12(10-20)19-7-4-16-5-8-19;/h9,11-12,16H,1-8,10H2,(H,17,18);1H. The molecule has 0 spiro atoms. The summed E-state index contributed by atoms with van der Waals surface area (Å²) in [5.41, 5.74) is 1.73. The van der Waals surface area contributed by atoms with Gasteiger partial charge in [-0.2, -0.15) is 5.10 Å². The van der Waals surface area contributed by atoms with E-state index in [4.69, 9.17) is 0 Å². The molecule has 122 valence electrons. The maximum Gasteiger partial charge on any atom is 0.274 e. The van der Waals surface area contributed by atoms with E-state index in [-0.39, 0.29) is 18.3 Å². The molecule has 2 N–H and O–H groups in total. The molecule has 1 aromatic rings. The third-order valence-electron chi connectivity index (χ3n) is 4.95. The Morgan fingerprint density at radius 3 is 2.68 bits per heavy atom. The molecule has 2 saturated heterocycles. The molecule has 0 bridgehead atoms. The van der Waals surface area contributed by atoms with Crippen molar-refractivity contribution in [1.82, 2.24) is 25.3 Å². The van der Waals surface area contributed by atoms with Crippen molar-refractivity contribution in [2.24, 2.45) is 0 Å². The van der Waals surface area contributed by atoms with Gasteiger partial charge in [-0.3, -0.25) is 14.8 Å². The summed E-state index contributed by atoms with van der Waals surface area (Å²) in [7, 11) is 0. The lowest BCUT2D eigenvalue weighted by Crippen LogP contribution is -2.49. The molecule has 3 heterocycles. The van der Waals surface area contributed by atoms with Gasteiger partial charge in [-0.25, -0.2) is 0 Å². The van der Waals surface area contributed by atoms with E-state index in [0.29, 0.717) is 17.7 Å². The van der Waals surface area contributed by atoms with Gasteiger partial charge in [0.25, 0.3) is 5.91 Å². The van der Waals surface area contributed by atoms with Gasteiger partial charge in [-0.15, -0.1) is 12.4 Å². The molecule has 22 heavy (non-hydrogen) atoms. The van der Waals surface area contributed by atoms with Crippen LogP contribution in [-0.2, 0) is 0 Å². The highest BCUT2D eigenvalue weighted by atomic mass is 35.5. The minimum Gasteiger partial charge on any atom is -0.336 e. The van der Waals surface area contributed by atoms with Crippen LogP contribution < -0.4 is 5.32 Å². The van der Waals surface area contributed by atoms with Gasteiger partial charge in [-0.05, 0) is 25.3 Å². The minimum absolute atomic E-state index is 0. The first kappa shape index (κ1) is 15.8. The number of aromatic nitrogens is 2. The zero-order valence-electron chi connectivity index (χ0n) is 12.8. The lowest BCUT2D eigenvalue weighted by Gasteiger charge is -2.32. The second kappa shape index (κ2) is 6.56. The molecule has 0 aromatic carbocycles. The Morgan fingerprint density at radius 1 is 1.18 bits per heavy atom. The number of H-pyrrole nitrogens is 1. The molecule has 2 aliphatic heterocycles. The fourth-order valence-electron chi connectivity index (χ4n) is 3.48. The van der Waals surface area contributed by atoms with Gasteiger partial charge in [0, 0.05) is 56.9 Å². The number of piperazine rings is 1. The monoisotopic (exact) mass is 325 g/mol. The van der Waals surface area contributed by atoms with E-state index < -0.39 is 0 Å². The molecule has 7 heteroatoms. The molecule has 1 unspecified atom stereocenters. The summed E-state index contributed by atoms with van der Waals surface area (Å²) in [4.78, 5) is 17.0. The number of rotatable bonds is 3. The summed E-state index contributed by atoms with van der Waals surface area (Å²) in [5, 5.41) is 10.6. The molecule has 1 amide bonds. The molecule has 4 rings (SSSR count). The van der Waals surface area contributed by atoms with E-state index in [1.54, 1.807) is 0 Å². The number of hydrogen-bond donors (Lipinski definition) is 2. The van der Waals surface area contributed by atoms with E-state index in [1.807, 2.05) is 11.0 Å². The topological polar surface area (TPSA) is 64.3 Å². The SMILES string of the molecule is Cl.O=C(c1cc(C2CC2)[nH]n1)N1CCC(N2CCNCC2)C1. The number of nitrogens with one attached hydrogen (secondary N) is 2. The zero-order valence-corrected chi connectivity index (χ0v) is 13.6. The van der Waals surface area contributed by atoms with Gasteiger partial charge in [0.05, 0.1) is 0 Å². The van der Waals surface area contributed by atoms with Crippen LogP contribution in [0.3, 0.4) is 0 Å². The van der Waals surface area contributed by atoms with Crippen LogP contribution in [-0.4, -0.2) is 71.2 Å². The molecule has 1 aliphatic carbocycles. The van der Waals surface area contributed by atoms with Crippen LogP contribution in [0.4, 0.5) is 0 Å². The minimum atomic E-state index is 0. The average molecular weight is 326 g/mol. The molecule has 0 radical (unpaired) electrons. The Balaban J connectivity index is 0.00000144. The summed E-state index contributed by atoms with van der Waals surface area (Å²) in [6.07, 6.45) is 3.54. The first-order valence-corrected chi connectivity index (χ1v) is 8.10. The van der Waals surface area contributed by atoms with Crippen LogP contribution in [0, 0.1) is 0 Å². The molecule has 1 saturated carbocycles. The van der Waals surface area contributed by atoms with Crippen molar-refractivity contribution in [3.63, 3.8) is 0 Å². The van der Waals surface area contributed by atoms with Crippen LogP contribution in [0.1, 0.15) is 41.4 Å². The van der Waals surface area contributed by atoms with Crippen LogP contribution in [0.2, 0.25) is 0 Å². The fourth-order valence-corrected chi connectivity index (χ4v) is 3.48. The van der Waals surface area contributed by atoms with Gasteiger partial charge in [0.1, 0.15) is 5.69 Å². The second-order valence-electron chi connectivity index (χ2n) is 6.46. The molecular formula is C15H24ClN5O. The predicted octanol–water partition coefficient (Wildman–Crippen LogP) is 0.829. The van der Waals surface area contributed by atoms with E-state index in [0.717, 1.165) is 51.4 Å². The van der Waals surface area contributed by atoms with E-state index in [2.05, 4.69) is 20.4 Å². The first-order valence-electron chi connectivity index (χ1n) is 8.10.